The Kier molecular flexibility index (Phi) is 5.05. The minimum atomic E-state index is -0.652. The van der Waals surface area contributed by atoms with E-state index in [1.54, 1.807) is 0 Å². The minimum absolute atomic E-state index is 0.0470. The number of carbonyl (C=O) groups excluding carboxylic acids is 1. The van der Waals surface area contributed by atoms with Crippen molar-refractivity contribution in [3.63, 3.8) is 0 Å². The molecule has 0 aromatic heterocycles. The van der Waals surface area contributed by atoms with Gasteiger partial charge in [0, 0.05) is 6.54 Å². The first-order chi connectivity index (χ1) is 11.3. The van der Waals surface area contributed by atoms with Crippen molar-refractivity contribution in [3.05, 3.63) is 71.8 Å². The van der Waals surface area contributed by atoms with Gasteiger partial charge in [-0.1, -0.05) is 60.7 Å². The van der Waals surface area contributed by atoms with Crippen LogP contribution in [0.4, 0.5) is 0 Å². The quantitative estimate of drug-likeness (QED) is 0.795. The highest BCUT2D eigenvalue weighted by Gasteiger charge is 2.40. The van der Waals surface area contributed by atoms with Crippen molar-refractivity contribution < 1.29 is 14.3 Å². The summed E-state index contributed by atoms with van der Waals surface area (Å²) in [5, 5.41) is 0. The maximum atomic E-state index is 12.2. The van der Waals surface area contributed by atoms with Gasteiger partial charge in [0.25, 0.3) is 0 Å². The SMILES string of the molecule is CCOC(=O)[C@@H]1OC[C@@H](c2ccccc2)N1Cc1ccccc1. The summed E-state index contributed by atoms with van der Waals surface area (Å²) in [6.07, 6.45) is -0.652. The van der Waals surface area contributed by atoms with Crippen molar-refractivity contribution in [2.75, 3.05) is 13.2 Å². The average Bonchev–Trinajstić information content (AvgIpc) is 3.00. The van der Waals surface area contributed by atoms with E-state index in [0.717, 1.165) is 11.1 Å². The summed E-state index contributed by atoms with van der Waals surface area (Å²) in [5.74, 6) is -0.318. The number of hydrogen-bond acceptors (Lipinski definition) is 4. The van der Waals surface area contributed by atoms with E-state index >= 15 is 0 Å². The van der Waals surface area contributed by atoms with E-state index in [-0.39, 0.29) is 12.0 Å². The molecule has 1 saturated heterocycles. The third-order valence-corrected chi connectivity index (χ3v) is 3.99. The highest BCUT2D eigenvalue weighted by atomic mass is 16.6. The molecular weight excluding hydrogens is 290 g/mol. The lowest BCUT2D eigenvalue weighted by atomic mass is 10.1. The molecule has 0 radical (unpaired) electrons. The highest BCUT2D eigenvalue weighted by molar-refractivity contribution is 5.74. The van der Waals surface area contributed by atoms with Crippen molar-refractivity contribution in [2.45, 2.75) is 25.7 Å². The average molecular weight is 311 g/mol. The molecule has 1 heterocycles. The Balaban J connectivity index is 1.86. The fraction of sp³-hybridized carbons (Fsp3) is 0.316. The van der Waals surface area contributed by atoms with Gasteiger partial charge in [0.2, 0.25) is 6.23 Å². The molecule has 3 rings (SSSR count). The van der Waals surface area contributed by atoms with E-state index in [0.29, 0.717) is 19.8 Å². The zero-order chi connectivity index (χ0) is 16.1. The van der Waals surface area contributed by atoms with Crippen LogP contribution in [0.5, 0.6) is 0 Å². The van der Waals surface area contributed by atoms with Gasteiger partial charge in [-0.15, -0.1) is 0 Å². The second-order valence-corrected chi connectivity index (χ2v) is 5.52. The van der Waals surface area contributed by atoms with E-state index < -0.39 is 6.23 Å². The number of benzene rings is 2. The lowest BCUT2D eigenvalue weighted by Gasteiger charge is -2.27. The summed E-state index contributed by atoms with van der Waals surface area (Å²) in [7, 11) is 0. The molecule has 0 spiro atoms. The summed E-state index contributed by atoms with van der Waals surface area (Å²) < 4.78 is 10.9. The Morgan fingerprint density at radius 2 is 1.78 bits per heavy atom. The number of nitrogens with zero attached hydrogens (tertiary/aromatic N) is 1. The van der Waals surface area contributed by atoms with Crippen LogP contribution in [0.2, 0.25) is 0 Å². The van der Waals surface area contributed by atoms with Crippen LogP contribution < -0.4 is 0 Å². The molecule has 1 aliphatic rings. The fourth-order valence-corrected chi connectivity index (χ4v) is 2.90. The molecule has 23 heavy (non-hydrogen) atoms. The summed E-state index contributed by atoms with van der Waals surface area (Å²) in [6, 6.07) is 20.3. The van der Waals surface area contributed by atoms with Crippen LogP contribution in [0.3, 0.4) is 0 Å². The minimum Gasteiger partial charge on any atom is -0.463 e. The van der Waals surface area contributed by atoms with Crippen molar-refractivity contribution in [1.82, 2.24) is 4.90 Å². The smallest absolute Gasteiger partial charge is 0.350 e. The maximum absolute atomic E-state index is 12.2. The molecule has 0 aliphatic carbocycles. The van der Waals surface area contributed by atoms with Gasteiger partial charge in [0.05, 0.1) is 19.3 Å². The number of carbonyl (C=O) groups is 1. The predicted octanol–water partition coefficient (Wildman–Crippen LogP) is 3.15. The lowest BCUT2D eigenvalue weighted by molar-refractivity contribution is -0.161. The fourth-order valence-electron chi connectivity index (χ4n) is 2.90. The zero-order valence-electron chi connectivity index (χ0n) is 13.2. The van der Waals surface area contributed by atoms with E-state index in [1.165, 1.54) is 0 Å². The molecule has 2 atom stereocenters. The molecule has 2 aromatic rings. The van der Waals surface area contributed by atoms with Crippen LogP contribution in [0.1, 0.15) is 24.1 Å². The molecule has 0 unspecified atom stereocenters. The largest absolute Gasteiger partial charge is 0.463 e. The highest BCUT2D eigenvalue weighted by Crippen LogP contribution is 2.32. The monoisotopic (exact) mass is 311 g/mol. The van der Waals surface area contributed by atoms with Gasteiger partial charge in [-0.05, 0) is 18.1 Å². The molecule has 0 saturated carbocycles. The van der Waals surface area contributed by atoms with Crippen LogP contribution in [-0.4, -0.2) is 30.3 Å². The summed E-state index contributed by atoms with van der Waals surface area (Å²) in [4.78, 5) is 14.3. The van der Waals surface area contributed by atoms with Crippen LogP contribution in [-0.2, 0) is 20.8 Å². The zero-order valence-corrected chi connectivity index (χ0v) is 13.2. The van der Waals surface area contributed by atoms with E-state index in [2.05, 4.69) is 29.2 Å². The summed E-state index contributed by atoms with van der Waals surface area (Å²) in [6.45, 7) is 3.29. The molecule has 0 bridgehead atoms. The van der Waals surface area contributed by atoms with Gasteiger partial charge in [0.1, 0.15) is 0 Å². The third kappa shape index (κ3) is 3.60. The number of esters is 1. The van der Waals surface area contributed by atoms with Crippen molar-refractivity contribution in [2.24, 2.45) is 0 Å². The molecule has 1 fully saturated rings. The van der Waals surface area contributed by atoms with E-state index in [1.807, 2.05) is 43.3 Å². The Morgan fingerprint density at radius 3 is 2.43 bits per heavy atom. The number of rotatable bonds is 5. The second kappa shape index (κ2) is 7.40. The first kappa shape index (κ1) is 15.7. The molecule has 1 aliphatic heterocycles. The number of hydrogen-bond donors (Lipinski definition) is 0. The second-order valence-electron chi connectivity index (χ2n) is 5.52. The Bertz CT molecular complexity index is 630. The van der Waals surface area contributed by atoms with Crippen LogP contribution in [0.15, 0.2) is 60.7 Å². The molecule has 120 valence electrons. The molecular formula is C19H21NO3. The van der Waals surface area contributed by atoms with Gasteiger partial charge in [0.15, 0.2) is 0 Å². The van der Waals surface area contributed by atoms with Gasteiger partial charge < -0.3 is 9.47 Å². The van der Waals surface area contributed by atoms with Crippen molar-refractivity contribution in [1.29, 1.82) is 0 Å². The summed E-state index contributed by atoms with van der Waals surface area (Å²) >= 11 is 0. The summed E-state index contributed by atoms with van der Waals surface area (Å²) in [5.41, 5.74) is 2.29. The third-order valence-electron chi connectivity index (χ3n) is 3.99. The van der Waals surface area contributed by atoms with E-state index in [4.69, 9.17) is 9.47 Å². The Labute approximate surface area is 136 Å². The molecule has 4 nitrogen and oxygen atoms in total. The maximum Gasteiger partial charge on any atom is 0.350 e. The Morgan fingerprint density at radius 1 is 1.13 bits per heavy atom. The van der Waals surface area contributed by atoms with Crippen molar-refractivity contribution in [3.8, 4) is 0 Å². The standard InChI is InChI=1S/C19H21NO3/c1-2-22-19(21)18-20(13-15-9-5-3-6-10-15)17(14-23-18)16-11-7-4-8-12-16/h3-12,17-18H,2,13-14H2,1H3/t17-,18-/m0/s1. The van der Waals surface area contributed by atoms with Gasteiger partial charge in [-0.25, -0.2) is 4.79 Å². The van der Waals surface area contributed by atoms with Gasteiger partial charge in [-0.3, -0.25) is 4.90 Å². The van der Waals surface area contributed by atoms with Crippen LogP contribution >= 0.6 is 0 Å². The van der Waals surface area contributed by atoms with Crippen molar-refractivity contribution >= 4 is 5.97 Å². The predicted molar refractivity (Wildman–Crippen MR) is 87.5 cm³/mol. The molecule has 0 amide bonds. The normalized spacial score (nSPS) is 21.3. The lowest BCUT2D eigenvalue weighted by Crippen LogP contribution is -2.39. The topological polar surface area (TPSA) is 38.8 Å². The van der Waals surface area contributed by atoms with Crippen LogP contribution in [0.25, 0.3) is 0 Å². The Hall–Kier alpha value is -2.17. The van der Waals surface area contributed by atoms with E-state index in [9.17, 15) is 4.79 Å². The number of ether oxygens (including phenoxy) is 2. The molecule has 2 aromatic carbocycles. The first-order valence-electron chi connectivity index (χ1n) is 7.92. The van der Waals surface area contributed by atoms with Crippen LogP contribution in [0, 0.1) is 0 Å². The first-order valence-corrected chi connectivity index (χ1v) is 7.92. The molecule has 0 N–H and O–H groups in total. The molecule has 4 heteroatoms. The van der Waals surface area contributed by atoms with Gasteiger partial charge >= 0.3 is 5.97 Å². The van der Waals surface area contributed by atoms with Gasteiger partial charge in [-0.2, -0.15) is 0 Å².